The van der Waals surface area contributed by atoms with Crippen LogP contribution in [0.5, 0.6) is 0 Å². The lowest BCUT2D eigenvalue weighted by Gasteiger charge is -2.26. The molecule has 156 valence electrons. The second-order valence-electron chi connectivity index (χ2n) is 7.17. The van der Waals surface area contributed by atoms with Crippen molar-refractivity contribution in [3.8, 4) is 0 Å². The van der Waals surface area contributed by atoms with Crippen LogP contribution < -0.4 is 16.1 Å². The van der Waals surface area contributed by atoms with Crippen molar-refractivity contribution in [2.24, 2.45) is 11.8 Å². The third-order valence-corrected chi connectivity index (χ3v) is 4.33. The zero-order chi connectivity index (χ0) is 21.1. The molecule has 0 aliphatic carbocycles. The van der Waals surface area contributed by atoms with Crippen LogP contribution in [0.1, 0.15) is 39.2 Å². The molecule has 8 heteroatoms. The van der Waals surface area contributed by atoms with E-state index in [9.17, 15) is 14.4 Å². The number of hydroxylamine groups is 1. The number of ether oxygens (including phenoxy) is 1. The van der Waals surface area contributed by atoms with Crippen LogP contribution in [0.3, 0.4) is 0 Å². The molecule has 28 heavy (non-hydrogen) atoms. The van der Waals surface area contributed by atoms with E-state index in [-0.39, 0.29) is 18.2 Å². The van der Waals surface area contributed by atoms with Gasteiger partial charge in [0.2, 0.25) is 17.7 Å². The molecule has 1 aromatic rings. The highest BCUT2D eigenvalue weighted by atomic mass is 16.5. The molecule has 0 aliphatic heterocycles. The number of benzene rings is 1. The van der Waals surface area contributed by atoms with E-state index in [1.807, 2.05) is 44.2 Å². The van der Waals surface area contributed by atoms with Crippen LogP contribution in [-0.4, -0.2) is 42.1 Å². The highest BCUT2D eigenvalue weighted by molar-refractivity contribution is 5.90. The van der Waals surface area contributed by atoms with Crippen LogP contribution >= 0.6 is 0 Å². The van der Waals surface area contributed by atoms with Crippen LogP contribution in [-0.2, 0) is 25.7 Å². The first kappa shape index (κ1) is 23.6. The maximum Gasteiger partial charge on any atom is 0.245 e. The van der Waals surface area contributed by atoms with E-state index in [2.05, 4.69) is 10.6 Å². The predicted molar refractivity (Wildman–Crippen MR) is 104 cm³/mol. The Balaban J connectivity index is 2.82. The number of nitrogens with one attached hydrogen (secondary N) is 3. The van der Waals surface area contributed by atoms with Gasteiger partial charge in [-0.2, -0.15) is 0 Å². The van der Waals surface area contributed by atoms with Gasteiger partial charge in [0, 0.05) is 19.4 Å². The highest BCUT2D eigenvalue weighted by Gasteiger charge is 2.31. The zero-order valence-corrected chi connectivity index (χ0v) is 16.9. The van der Waals surface area contributed by atoms with Crippen molar-refractivity contribution in [2.75, 3.05) is 7.05 Å². The van der Waals surface area contributed by atoms with E-state index in [1.54, 1.807) is 12.4 Å². The lowest BCUT2D eigenvalue weighted by molar-refractivity contribution is -0.138. The maximum atomic E-state index is 12.7. The molecule has 1 aromatic carbocycles. The molecule has 0 fully saturated rings. The van der Waals surface area contributed by atoms with Crippen molar-refractivity contribution >= 4 is 17.7 Å². The number of carbonyl (C=O) groups is 3. The van der Waals surface area contributed by atoms with Gasteiger partial charge >= 0.3 is 0 Å². The minimum absolute atomic E-state index is 0.160. The molecule has 3 amide bonds. The van der Waals surface area contributed by atoms with Crippen LogP contribution in [0.15, 0.2) is 30.3 Å². The molecule has 0 bridgehead atoms. The summed E-state index contributed by atoms with van der Waals surface area (Å²) in [4.78, 5) is 36.6. The van der Waals surface area contributed by atoms with E-state index in [0.717, 1.165) is 5.56 Å². The van der Waals surface area contributed by atoms with Gasteiger partial charge in [0.15, 0.2) is 0 Å². The Hall–Kier alpha value is -2.45. The minimum Gasteiger partial charge on any atom is -0.371 e. The molecule has 0 saturated heterocycles. The number of hydrogen-bond acceptors (Lipinski definition) is 5. The molecule has 0 aliphatic rings. The lowest BCUT2D eigenvalue weighted by Crippen LogP contribution is -2.54. The summed E-state index contributed by atoms with van der Waals surface area (Å²) in [6.07, 6.45) is -0.311. The monoisotopic (exact) mass is 393 g/mol. The highest BCUT2D eigenvalue weighted by Crippen LogP contribution is 2.17. The van der Waals surface area contributed by atoms with Gasteiger partial charge in [-0.15, -0.1) is 0 Å². The fraction of sp³-hybridized carbons (Fsp3) is 0.550. The summed E-state index contributed by atoms with van der Waals surface area (Å²) in [7, 11) is 1.48. The fourth-order valence-corrected chi connectivity index (χ4v) is 2.84. The van der Waals surface area contributed by atoms with E-state index in [4.69, 9.17) is 9.94 Å². The molecule has 0 saturated carbocycles. The number of rotatable bonds is 11. The number of amides is 3. The summed E-state index contributed by atoms with van der Waals surface area (Å²) in [6, 6.07) is 8.60. The summed E-state index contributed by atoms with van der Waals surface area (Å²) in [5, 5.41) is 14.0. The first-order chi connectivity index (χ1) is 13.3. The van der Waals surface area contributed by atoms with Crippen LogP contribution in [0.25, 0.3) is 0 Å². The quantitative estimate of drug-likeness (QED) is 0.335. The number of likely N-dealkylation sites (N-methyl/N-ethyl adjacent to an activating group) is 1. The zero-order valence-electron chi connectivity index (χ0n) is 16.9. The second-order valence-corrected chi connectivity index (χ2v) is 7.17. The minimum atomic E-state index is -0.909. The Morgan fingerprint density at radius 1 is 1.07 bits per heavy atom. The Kier molecular flexibility index (Phi) is 10.2. The van der Waals surface area contributed by atoms with Crippen LogP contribution in [0.2, 0.25) is 0 Å². The molecule has 8 nitrogen and oxygen atoms in total. The van der Waals surface area contributed by atoms with Crippen molar-refractivity contribution in [3.05, 3.63) is 35.9 Å². The van der Waals surface area contributed by atoms with Crippen molar-refractivity contribution < 1.29 is 24.3 Å². The Labute approximate surface area is 166 Å². The summed E-state index contributed by atoms with van der Waals surface area (Å²) in [5.74, 6) is -1.97. The summed E-state index contributed by atoms with van der Waals surface area (Å²) in [6.45, 7) is 5.87. The van der Waals surface area contributed by atoms with Crippen molar-refractivity contribution in [1.82, 2.24) is 16.1 Å². The molecular weight excluding hydrogens is 362 g/mol. The third kappa shape index (κ3) is 8.06. The fourth-order valence-electron chi connectivity index (χ4n) is 2.84. The van der Waals surface area contributed by atoms with Crippen molar-refractivity contribution in [2.45, 2.75) is 52.4 Å². The van der Waals surface area contributed by atoms with Gasteiger partial charge in [-0.05, 0) is 24.8 Å². The SMILES string of the molecule is CNC(=O)[C@@H](NC(=O)C(CC(=O)NO)CC(C)C)[C@H](C)OCc1ccccc1. The molecule has 0 spiro atoms. The average molecular weight is 393 g/mol. The van der Waals surface area contributed by atoms with E-state index in [1.165, 1.54) is 7.05 Å². The topological polar surface area (TPSA) is 117 Å². The maximum absolute atomic E-state index is 12.7. The summed E-state index contributed by atoms with van der Waals surface area (Å²) >= 11 is 0. The molecule has 0 aromatic heterocycles. The number of carbonyl (C=O) groups excluding carboxylic acids is 3. The summed E-state index contributed by atoms with van der Waals surface area (Å²) in [5.41, 5.74) is 2.50. The van der Waals surface area contributed by atoms with Gasteiger partial charge in [-0.3, -0.25) is 19.6 Å². The van der Waals surface area contributed by atoms with Gasteiger partial charge in [-0.1, -0.05) is 44.2 Å². The normalized spacial score (nSPS) is 14.1. The van der Waals surface area contributed by atoms with Gasteiger partial charge in [0.1, 0.15) is 6.04 Å². The van der Waals surface area contributed by atoms with Gasteiger partial charge in [0.25, 0.3) is 0 Å². The summed E-state index contributed by atoms with van der Waals surface area (Å²) < 4.78 is 5.78. The predicted octanol–water partition coefficient (Wildman–Crippen LogP) is 1.38. The molecule has 0 heterocycles. The third-order valence-electron chi connectivity index (χ3n) is 4.33. The Bertz CT molecular complexity index is 636. The molecule has 4 N–H and O–H groups in total. The molecule has 1 unspecified atom stereocenters. The van der Waals surface area contributed by atoms with Crippen molar-refractivity contribution in [3.63, 3.8) is 0 Å². The Morgan fingerprint density at radius 3 is 2.25 bits per heavy atom. The van der Waals surface area contributed by atoms with Crippen LogP contribution in [0, 0.1) is 11.8 Å². The first-order valence-corrected chi connectivity index (χ1v) is 9.38. The Morgan fingerprint density at radius 2 is 1.71 bits per heavy atom. The van der Waals surface area contributed by atoms with Gasteiger partial charge < -0.3 is 15.4 Å². The van der Waals surface area contributed by atoms with Crippen LogP contribution in [0.4, 0.5) is 0 Å². The molecule has 0 radical (unpaired) electrons. The first-order valence-electron chi connectivity index (χ1n) is 9.38. The van der Waals surface area contributed by atoms with Gasteiger partial charge in [0.05, 0.1) is 12.7 Å². The van der Waals surface area contributed by atoms with E-state index >= 15 is 0 Å². The van der Waals surface area contributed by atoms with E-state index in [0.29, 0.717) is 13.0 Å². The number of hydrogen-bond donors (Lipinski definition) is 4. The van der Waals surface area contributed by atoms with Crippen molar-refractivity contribution in [1.29, 1.82) is 0 Å². The standard InChI is InChI=1S/C20H31N3O5/c1-13(2)10-16(11-17(24)23-27)19(25)22-18(20(26)21-4)14(3)28-12-15-8-6-5-7-9-15/h5-9,13-14,16,18,27H,10-12H2,1-4H3,(H,21,26)(H,22,25)(H,23,24)/t14-,16?,18-/m0/s1. The molecule has 3 atom stereocenters. The largest absolute Gasteiger partial charge is 0.371 e. The smallest absolute Gasteiger partial charge is 0.245 e. The second kappa shape index (κ2) is 12.1. The lowest BCUT2D eigenvalue weighted by atomic mass is 9.92. The molecular formula is C20H31N3O5. The van der Waals surface area contributed by atoms with E-state index < -0.39 is 29.9 Å². The average Bonchev–Trinajstić information content (AvgIpc) is 2.69. The van der Waals surface area contributed by atoms with Gasteiger partial charge in [-0.25, -0.2) is 5.48 Å². The molecule has 1 rings (SSSR count).